The van der Waals surface area contributed by atoms with Gasteiger partial charge in [-0.05, 0) is 43.2 Å². The minimum atomic E-state index is -0.222. The van der Waals surface area contributed by atoms with Crippen molar-refractivity contribution in [2.45, 2.75) is 58.7 Å². The summed E-state index contributed by atoms with van der Waals surface area (Å²) in [6, 6.07) is 9.34. The van der Waals surface area contributed by atoms with Gasteiger partial charge in [0.2, 0.25) is 0 Å². The summed E-state index contributed by atoms with van der Waals surface area (Å²) in [7, 11) is 0. The summed E-state index contributed by atoms with van der Waals surface area (Å²) in [5.74, 6) is 1.01. The fourth-order valence-electron chi connectivity index (χ4n) is 4.42. The summed E-state index contributed by atoms with van der Waals surface area (Å²) in [6.45, 7) is 10.9. The van der Waals surface area contributed by atoms with Gasteiger partial charge in [-0.25, -0.2) is 4.79 Å². The number of nitrogens with two attached hydrogens (primary N) is 1. The van der Waals surface area contributed by atoms with Crippen LogP contribution in [0.4, 0.5) is 4.79 Å². The first-order chi connectivity index (χ1) is 14.5. The molecule has 0 bridgehead atoms. The predicted octanol–water partition coefficient (Wildman–Crippen LogP) is 2.59. The summed E-state index contributed by atoms with van der Waals surface area (Å²) in [5.41, 5.74) is 9.11. The number of hydrogen-bond acceptors (Lipinski definition) is 4. The van der Waals surface area contributed by atoms with Crippen LogP contribution in [0.1, 0.15) is 44.7 Å². The molecule has 1 aromatic carbocycles. The van der Waals surface area contributed by atoms with Gasteiger partial charge in [-0.1, -0.05) is 38.1 Å². The van der Waals surface area contributed by atoms with Gasteiger partial charge in [0, 0.05) is 38.3 Å². The monoisotopic (exact) mass is 415 g/mol. The third kappa shape index (κ3) is 5.88. The van der Waals surface area contributed by atoms with Crippen molar-refractivity contribution in [3.05, 3.63) is 35.4 Å². The van der Waals surface area contributed by atoms with Crippen molar-refractivity contribution in [3.8, 4) is 0 Å². The van der Waals surface area contributed by atoms with Gasteiger partial charge in [0.05, 0.1) is 13.2 Å². The number of nitrogens with one attached hydrogen (secondary N) is 1. The minimum absolute atomic E-state index is 0.222. The van der Waals surface area contributed by atoms with Gasteiger partial charge in [0.25, 0.3) is 0 Å². The van der Waals surface area contributed by atoms with Gasteiger partial charge in [-0.15, -0.1) is 0 Å². The number of likely N-dealkylation sites (tertiary alicyclic amines) is 1. The van der Waals surface area contributed by atoms with Gasteiger partial charge in [0.1, 0.15) is 0 Å². The topological polar surface area (TPSA) is 83.2 Å². The van der Waals surface area contributed by atoms with Crippen LogP contribution in [0, 0.1) is 5.92 Å². The summed E-state index contributed by atoms with van der Waals surface area (Å²) >= 11 is 0. The average molecular weight is 416 g/mol. The lowest BCUT2D eigenvalue weighted by Crippen LogP contribution is -2.49. The predicted molar refractivity (Wildman–Crippen MR) is 120 cm³/mol. The van der Waals surface area contributed by atoms with E-state index in [1.165, 1.54) is 11.1 Å². The standard InChI is InChI=1S/C23H37N5O2/c1-4-30-23(29)27-13-10-20(11-14-27)26-22(24)25-15-21(17(2)3)28-12-9-18-7-5-6-8-19(18)16-28/h5-8,17,20-21H,4,9-16H2,1-3H3,(H3,24,25,26). The van der Waals surface area contributed by atoms with Crippen LogP contribution in [0.5, 0.6) is 0 Å². The highest BCUT2D eigenvalue weighted by molar-refractivity contribution is 5.78. The number of amides is 1. The Balaban J connectivity index is 1.50. The molecule has 0 radical (unpaired) electrons. The molecule has 1 aromatic rings. The highest BCUT2D eigenvalue weighted by Crippen LogP contribution is 2.23. The molecule has 2 heterocycles. The number of rotatable bonds is 6. The van der Waals surface area contributed by atoms with E-state index in [9.17, 15) is 4.79 Å². The van der Waals surface area contributed by atoms with Crippen molar-refractivity contribution < 1.29 is 9.53 Å². The van der Waals surface area contributed by atoms with E-state index in [1.54, 1.807) is 4.90 Å². The fourth-order valence-corrected chi connectivity index (χ4v) is 4.42. The number of ether oxygens (including phenoxy) is 1. The molecular weight excluding hydrogens is 378 g/mol. The van der Waals surface area contributed by atoms with Crippen molar-refractivity contribution in [2.24, 2.45) is 16.6 Å². The Morgan fingerprint density at radius 2 is 1.93 bits per heavy atom. The highest BCUT2D eigenvalue weighted by atomic mass is 16.6. The maximum Gasteiger partial charge on any atom is 0.409 e. The molecule has 1 unspecified atom stereocenters. The largest absolute Gasteiger partial charge is 0.450 e. The van der Waals surface area contributed by atoms with Gasteiger partial charge in [0.15, 0.2) is 5.96 Å². The summed E-state index contributed by atoms with van der Waals surface area (Å²) < 4.78 is 5.08. The number of benzene rings is 1. The first-order valence-corrected chi connectivity index (χ1v) is 11.3. The van der Waals surface area contributed by atoms with E-state index in [0.29, 0.717) is 44.2 Å². The Bertz CT molecular complexity index is 728. The normalized spacial score (nSPS) is 19.5. The summed E-state index contributed by atoms with van der Waals surface area (Å²) in [6.07, 6.45) is 2.58. The third-order valence-electron chi connectivity index (χ3n) is 6.22. The summed E-state index contributed by atoms with van der Waals surface area (Å²) in [5, 5.41) is 3.35. The molecule has 3 rings (SSSR count). The molecule has 3 N–H and O–H groups in total. The van der Waals surface area contributed by atoms with E-state index < -0.39 is 0 Å². The Hall–Kier alpha value is -2.28. The van der Waals surface area contributed by atoms with Crippen LogP contribution in [-0.4, -0.2) is 66.7 Å². The second-order valence-corrected chi connectivity index (χ2v) is 8.63. The number of carbonyl (C=O) groups is 1. The molecule has 1 amide bonds. The maximum atomic E-state index is 11.8. The molecule has 1 saturated heterocycles. The molecule has 7 nitrogen and oxygen atoms in total. The van der Waals surface area contributed by atoms with Crippen LogP contribution in [0.15, 0.2) is 29.3 Å². The minimum Gasteiger partial charge on any atom is -0.450 e. The van der Waals surface area contributed by atoms with Crippen LogP contribution >= 0.6 is 0 Å². The van der Waals surface area contributed by atoms with E-state index >= 15 is 0 Å². The van der Waals surface area contributed by atoms with Crippen LogP contribution in [0.2, 0.25) is 0 Å². The lowest BCUT2D eigenvalue weighted by Gasteiger charge is -2.37. The lowest BCUT2D eigenvalue weighted by atomic mass is 9.95. The molecular formula is C23H37N5O2. The van der Waals surface area contributed by atoms with Crippen molar-refractivity contribution in [1.29, 1.82) is 0 Å². The van der Waals surface area contributed by atoms with E-state index in [1.807, 2.05) is 6.92 Å². The second-order valence-electron chi connectivity index (χ2n) is 8.63. The molecule has 0 aromatic heterocycles. The van der Waals surface area contributed by atoms with Gasteiger partial charge < -0.3 is 20.7 Å². The molecule has 30 heavy (non-hydrogen) atoms. The Labute approximate surface area is 180 Å². The molecule has 1 fully saturated rings. The van der Waals surface area contributed by atoms with Crippen LogP contribution in [0.25, 0.3) is 0 Å². The molecule has 166 valence electrons. The third-order valence-corrected chi connectivity index (χ3v) is 6.22. The van der Waals surface area contributed by atoms with Gasteiger partial charge in [-0.3, -0.25) is 9.89 Å². The van der Waals surface area contributed by atoms with Crippen LogP contribution in [0.3, 0.4) is 0 Å². The zero-order valence-corrected chi connectivity index (χ0v) is 18.6. The molecule has 1 atom stereocenters. The van der Waals surface area contributed by atoms with E-state index in [2.05, 4.69) is 48.3 Å². The van der Waals surface area contributed by atoms with E-state index in [0.717, 1.165) is 32.4 Å². The molecule has 2 aliphatic rings. The Morgan fingerprint density at radius 3 is 2.60 bits per heavy atom. The number of hydrogen-bond donors (Lipinski definition) is 2. The summed E-state index contributed by atoms with van der Waals surface area (Å²) in [4.78, 5) is 20.8. The molecule has 2 aliphatic heterocycles. The number of nitrogens with zero attached hydrogens (tertiary/aromatic N) is 3. The zero-order chi connectivity index (χ0) is 21.5. The van der Waals surface area contributed by atoms with E-state index in [4.69, 9.17) is 15.5 Å². The molecule has 0 saturated carbocycles. The highest BCUT2D eigenvalue weighted by Gasteiger charge is 2.26. The number of piperidine rings is 1. The maximum absolute atomic E-state index is 11.8. The SMILES string of the molecule is CCOC(=O)N1CCC(NC(N)=NCC(C(C)C)N2CCc3ccccc3C2)CC1. The van der Waals surface area contributed by atoms with Gasteiger partial charge in [-0.2, -0.15) is 0 Å². The van der Waals surface area contributed by atoms with Crippen molar-refractivity contribution in [3.63, 3.8) is 0 Å². The molecule has 0 aliphatic carbocycles. The first-order valence-electron chi connectivity index (χ1n) is 11.3. The quantitative estimate of drug-likeness (QED) is 0.551. The van der Waals surface area contributed by atoms with Crippen molar-refractivity contribution >= 4 is 12.1 Å². The van der Waals surface area contributed by atoms with E-state index in [-0.39, 0.29) is 12.1 Å². The fraction of sp³-hybridized carbons (Fsp3) is 0.652. The first kappa shape index (κ1) is 22.4. The Morgan fingerprint density at radius 1 is 1.23 bits per heavy atom. The van der Waals surface area contributed by atoms with Crippen LogP contribution < -0.4 is 11.1 Å². The lowest BCUT2D eigenvalue weighted by molar-refractivity contribution is 0.0963. The second kappa shape index (κ2) is 10.7. The van der Waals surface area contributed by atoms with Crippen LogP contribution in [-0.2, 0) is 17.7 Å². The average Bonchev–Trinajstić information content (AvgIpc) is 2.74. The number of fused-ring (bicyclic) bond motifs is 1. The number of guanidine groups is 1. The van der Waals surface area contributed by atoms with Crippen molar-refractivity contribution in [2.75, 3.05) is 32.8 Å². The number of aliphatic imine (C=N–C) groups is 1. The molecule has 0 spiro atoms. The number of carbonyl (C=O) groups excluding carboxylic acids is 1. The molecule has 7 heteroatoms. The zero-order valence-electron chi connectivity index (χ0n) is 18.6. The van der Waals surface area contributed by atoms with Crippen molar-refractivity contribution in [1.82, 2.24) is 15.1 Å². The smallest absolute Gasteiger partial charge is 0.409 e. The Kier molecular flexibility index (Phi) is 7.96. The van der Waals surface area contributed by atoms with Gasteiger partial charge >= 0.3 is 6.09 Å².